The average molecular weight is 417 g/mol. The van der Waals surface area contributed by atoms with Gasteiger partial charge in [0.2, 0.25) is 0 Å². The zero-order chi connectivity index (χ0) is 20.4. The normalized spacial score (nSPS) is 21.6. The van der Waals surface area contributed by atoms with Gasteiger partial charge in [0, 0.05) is 38.2 Å². The van der Waals surface area contributed by atoms with Gasteiger partial charge in [-0.05, 0) is 56.4 Å². The van der Waals surface area contributed by atoms with Crippen molar-refractivity contribution in [2.75, 3.05) is 19.6 Å². The molecule has 156 valence electrons. The summed E-state index contributed by atoms with van der Waals surface area (Å²) < 4.78 is 8.07. The van der Waals surface area contributed by atoms with E-state index in [1.165, 1.54) is 5.56 Å². The number of hydrogen-bond donors (Lipinski definition) is 1. The molecule has 1 aromatic carbocycles. The Hall–Kier alpha value is -1.89. The molecule has 1 amide bonds. The average Bonchev–Trinajstić information content (AvgIpc) is 3.25. The highest BCUT2D eigenvalue weighted by Gasteiger charge is 2.42. The lowest BCUT2D eigenvalue weighted by Crippen LogP contribution is -2.44. The van der Waals surface area contributed by atoms with Gasteiger partial charge in [-0.25, -0.2) is 0 Å². The quantitative estimate of drug-likeness (QED) is 0.812. The number of piperidine rings is 1. The lowest BCUT2D eigenvalue weighted by atomic mass is 9.88. The lowest BCUT2D eigenvalue weighted by Gasteiger charge is -2.39. The van der Waals surface area contributed by atoms with E-state index in [9.17, 15) is 4.79 Å². The van der Waals surface area contributed by atoms with Crippen LogP contribution in [-0.4, -0.2) is 51.9 Å². The summed E-state index contributed by atoms with van der Waals surface area (Å²) in [7, 11) is 1.79. The minimum atomic E-state index is -0.0889. The van der Waals surface area contributed by atoms with Crippen LogP contribution in [0.2, 0.25) is 5.02 Å². The fraction of sp³-hybridized carbons (Fsp3) is 0.545. The zero-order valence-corrected chi connectivity index (χ0v) is 17.9. The van der Waals surface area contributed by atoms with Crippen LogP contribution in [0.5, 0.6) is 0 Å². The van der Waals surface area contributed by atoms with Crippen LogP contribution in [0, 0.1) is 6.92 Å². The first-order valence-electron chi connectivity index (χ1n) is 10.4. The first-order valence-corrected chi connectivity index (χ1v) is 10.7. The van der Waals surface area contributed by atoms with Crippen molar-refractivity contribution in [1.82, 2.24) is 20.0 Å². The van der Waals surface area contributed by atoms with Crippen molar-refractivity contribution >= 4 is 17.5 Å². The summed E-state index contributed by atoms with van der Waals surface area (Å²) in [5.41, 5.74) is 2.66. The maximum Gasteiger partial charge on any atom is 0.269 e. The summed E-state index contributed by atoms with van der Waals surface area (Å²) in [5.74, 6) is -0.0889. The van der Waals surface area contributed by atoms with E-state index in [1.807, 2.05) is 31.2 Å². The minimum absolute atomic E-state index is 0.0245. The van der Waals surface area contributed by atoms with Crippen molar-refractivity contribution in [3.8, 4) is 0 Å². The Balaban J connectivity index is 1.24. The molecule has 2 fully saturated rings. The number of aryl methyl sites for hydroxylation is 2. The fourth-order valence-electron chi connectivity index (χ4n) is 4.54. The number of ether oxygens (including phenoxy) is 1. The van der Waals surface area contributed by atoms with E-state index >= 15 is 0 Å². The highest BCUT2D eigenvalue weighted by atomic mass is 35.5. The van der Waals surface area contributed by atoms with Gasteiger partial charge in [-0.3, -0.25) is 14.4 Å². The van der Waals surface area contributed by atoms with Crippen molar-refractivity contribution in [3.05, 3.63) is 52.3 Å². The van der Waals surface area contributed by atoms with Gasteiger partial charge in [0.25, 0.3) is 5.91 Å². The topological polar surface area (TPSA) is 59.4 Å². The number of likely N-dealkylation sites (tertiary alicyclic amines) is 1. The predicted octanol–water partition coefficient (Wildman–Crippen LogP) is 3.33. The van der Waals surface area contributed by atoms with Crippen LogP contribution in [0.4, 0.5) is 0 Å². The van der Waals surface area contributed by atoms with E-state index in [0.717, 1.165) is 56.0 Å². The second kappa shape index (κ2) is 8.46. The fourth-order valence-corrected chi connectivity index (χ4v) is 4.75. The molecule has 1 atom stereocenters. The lowest BCUT2D eigenvalue weighted by molar-refractivity contribution is -0.0764. The molecule has 2 aliphatic heterocycles. The number of aromatic nitrogens is 2. The highest BCUT2D eigenvalue weighted by Crippen LogP contribution is 2.39. The van der Waals surface area contributed by atoms with E-state index in [-0.39, 0.29) is 17.6 Å². The third kappa shape index (κ3) is 4.82. The molecule has 3 heterocycles. The molecule has 2 aliphatic rings. The maximum atomic E-state index is 12.4. The van der Waals surface area contributed by atoms with Gasteiger partial charge in [-0.2, -0.15) is 5.10 Å². The molecule has 1 aromatic heterocycles. The molecule has 7 heteroatoms. The van der Waals surface area contributed by atoms with Crippen LogP contribution < -0.4 is 5.32 Å². The number of hydrogen-bond acceptors (Lipinski definition) is 4. The van der Waals surface area contributed by atoms with Crippen molar-refractivity contribution < 1.29 is 9.53 Å². The van der Waals surface area contributed by atoms with Crippen LogP contribution in [0.1, 0.15) is 47.4 Å². The molecule has 0 saturated carbocycles. The molecule has 4 rings (SSSR count). The van der Waals surface area contributed by atoms with Crippen LogP contribution >= 0.6 is 11.6 Å². The van der Waals surface area contributed by atoms with Crippen molar-refractivity contribution in [3.63, 3.8) is 0 Å². The second-order valence-corrected chi connectivity index (χ2v) is 8.81. The molecule has 0 radical (unpaired) electrons. The SMILES string of the molecule is Cc1cc(C(=O)NC[C@H]2CCC3(CCN(Cc4cccc(Cl)c4)CC3)O2)n(C)n1. The number of carbonyl (C=O) groups excluding carboxylic acids is 1. The molecule has 0 aliphatic carbocycles. The number of benzene rings is 1. The molecule has 2 saturated heterocycles. The summed E-state index contributed by atoms with van der Waals surface area (Å²) >= 11 is 6.10. The number of halogens is 1. The van der Waals surface area contributed by atoms with Gasteiger partial charge in [0.05, 0.1) is 17.4 Å². The van der Waals surface area contributed by atoms with Crippen molar-refractivity contribution in [2.24, 2.45) is 7.05 Å². The van der Waals surface area contributed by atoms with Gasteiger partial charge >= 0.3 is 0 Å². The van der Waals surface area contributed by atoms with E-state index in [4.69, 9.17) is 16.3 Å². The van der Waals surface area contributed by atoms with Gasteiger partial charge in [-0.15, -0.1) is 0 Å². The molecule has 0 unspecified atom stereocenters. The Morgan fingerprint density at radius 1 is 1.31 bits per heavy atom. The molecule has 6 nitrogen and oxygen atoms in total. The van der Waals surface area contributed by atoms with E-state index in [0.29, 0.717) is 12.2 Å². The van der Waals surface area contributed by atoms with Gasteiger partial charge in [-0.1, -0.05) is 23.7 Å². The third-order valence-electron chi connectivity index (χ3n) is 6.13. The number of nitrogens with one attached hydrogen (secondary N) is 1. The summed E-state index contributed by atoms with van der Waals surface area (Å²) in [6, 6.07) is 9.90. The van der Waals surface area contributed by atoms with E-state index in [1.54, 1.807) is 11.7 Å². The molecule has 0 bridgehead atoms. The molecule has 2 aromatic rings. The van der Waals surface area contributed by atoms with Crippen LogP contribution in [0.25, 0.3) is 0 Å². The number of nitrogens with zero attached hydrogens (tertiary/aromatic N) is 3. The number of amides is 1. The Bertz CT molecular complexity index is 873. The third-order valence-corrected chi connectivity index (χ3v) is 6.36. The Labute approximate surface area is 177 Å². The van der Waals surface area contributed by atoms with E-state index in [2.05, 4.69) is 21.4 Å². The Kier molecular flexibility index (Phi) is 5.95. The van der Waals surface area contributed by atoms with Crippen LogP contribution in [-0.2, 0) is 18.3 Å². The first kappa shape index (κ1) is 20.4. The maximum absolute atomic E-state index is 12.4. The summed E-state index contributed by atoms with van der Waals surface area (Å²) in [6.07, 6.45) is 4.24. The second-order valence-electron chi connectivity index (χ2n) is 8.37. The standard InChI is InChI=1S/C22H29ClN4O2/c1-16-12-20(26(2)25-16)21(28)24-14-19-6-7-22(29-19)8-10-27(11-9-22)15-17-4-3-5-18(23)13-17/h3-5,12-13,19H,6-11,14-15H2,1-2H3,(H,24,28)/t19-/m1/s1. The van der Waals surface area contributed by atoms with Gasteiger partial charge in [0.15, 0.2) is 0 Å². The van der Waals surface area contributed by atoms with Crippen LogP contribution in [0.3, 0.4) is 0 Å². The summed E-state index contributed by atoms with van der Waals surface area (Å²) in [5, 5.41) is 8.04. The monoisotopic (exact) mass is 416 g/mol. The first-order chi connectivity index (χ1) is 13.9. The number of carbonyl (C=O) groups is 1. The van der Waals surface area contributed by atoms with Crippen molar-refractivity contribution in [2.45, 2.75) is 50.9 Å². The largest absolute Gasteiger partial charge is 0.370 e. The molecule has 1 spiro atoms. The molecular weight excluding hydrogens is 388 g/mol. The summed E-state index contributed by atoms with van der Waals surface area (Å²) in [4.78, 5) is 14.9. The Morgan fingerprint density at radius 2 is 2.10 bits per heavy atom. The van der Waals surface area contributed by atoms with Gasteiger partial charge in [0.1, 0.15) is 5.69 Å². The number of rotatable bonds is 5. The molecule has 1 N–H and O–H groups in total. The van der Waals surface area contributed by atoms with Gasteiger partial charge < -0.3 is 10.1 Å². The highest BCUT2D eigenvalue weighted by molar-refractivity contribution is 6.30. The van der Waals surface area contributed by atoms with E-state index < -0.39 is 0 Å². The van der Waals surface area contributed by atoms with Crippen molar-refractivity contribution in [1.29, 1.82) is 0 Å². The molecular formula is C22H29ClN4O2. The molecule has 29 heavy (non-hydrogen) atoms. The zero-order valence-electron chi connectivity index (χ0n) is 17.2. The van der Waals surface area contributed by atoms with Crippen LogP contribution in [0.15, 0.2) is 30.3 Å². The smallest absolute Gasteiger partial charge is 0.269 e. The predicted molar refractivity (Wildman–Crippen MR) is 113 cm³/mol. The summed E-state index contributed by atoms with van der Waals surface area (Å²) in [6.45, 7) is 5.43. The minimum Gasteiger partial charge on any atom is -0.370 e. The Morgan fingerprint density at radius 3 is 2.79 bits per heavy atom.